The Kier molecular flexibility index (Phi) is 3.67. The number of hydrogen-bond acceptors (Lipinski definition) is 3. The number of carbonyl (C=O) groups is 1. The van der Waals surface area contributed by atoms with Crippen LogP contribution in [0.4, 0.5) is 0 Å². The van der Waals surface area contributed by atoms with Crippen molar-refractivity contribution in [2.75, 3.05) is 0 Å². The zero-order valence-corrected chi connectivity index (χ0v) is 9.34. The lowest BCUT2D eigenvalue weighted by atomic mass is 9.92. The first-order chi connectivity index (χ1) is 7.31. The summed E-state index contributed by atoms with van der Waals surface area (Å²) in [6.45, 7) is 3.27. The lowest BCUT2D eigenvalue weighted by Crippen LogP contribution is -2.24. The van der Waals surface area contributed by atoms with E-state index in [2.05, 4.69) is 0 Å². The van der Waals surface area contributed by atoms with Crippen LogP contribution in [0.3, 0.4) is 0 Å². The van der Waals surface area contributed by atoms with Crippen molar-refractivity contribution in [1.82, 2.24) is 0 Å². The van der Waals surface area contributed by atoms with E-state index < -0.39 is 17.7 Å². The number of carboxylic acids is 1. The summed E-state index contributed by atoms with van der Waals surface area (Å²) in [6, 6.07) is 6.67. The van der Waals surface area contributed by atoms with Crippen molar-refractivity contribution in [3.05, 3.63) is 35.4 Å². The van der Waals surface area contributed by atoms with E-state index in [9.17, 15) is 15.0 Å². The maximum atomic E-state index is 10.7. The largest absolute Gasteiger partial charge is 0.479 e. The maximum absolute atomic E-state index is 10.7. The van der Waals surface area contributed by atoms with Gasteiger partial charge in [-0.1, -0.05) is 24.3 Å². The maximum Gasteiger partial charge on any atom is 0.337 e. The van der Waals surface area contributed by atoms with Crippen molar-refractivity contribution in [3.8, 4) is 0 Å². The van der Waals surface area contributed by atoms with E-state index in [0.717, 1.165) is 0 Å². The minimum atomic E-state index is -1.54. The van der Waals surface area contributed by atoms with Crippen LogP contribution in [0.2, 0.25) is 0 Å². The van der Waals surface area contributed by atoms with Gasteiger partial charge in [-0.2, -0.15) is 0 Å². The number of benzene rings is 1. The average molecular weight is 224 g/mol. The molecule has 0 heterocycles. The minimum Gasteiger partial charge on any atom is -0.479 e. The van der Waals surface area contributed by atoms with Crippen molar-refractivity contribution >= 4 is 5.97 Å². The zero-order valence-electron chi connectivity index (χ0n) is 9.34. The summed E-state index contributed by atoms with van der Waals surface area (Å²) >= 11 is 0. The first-order valence-electron chi connectivity index (χ1n) is 5.02. The summed E-state index contributed by atoms with van der Waals surface area (Å²) in [5, 5.41) is 27.9. The molecular formula is C12H16O4. The van der Waals surface area contributed by atoms with E-state index in [1.54, 1.807) is 38.1 Å². The number of aliphatic hydroxyl groups excluding tert-OH is 1. The molecule has 0 spiro atoms. The summed E-state index contributed by atoms with van der Waals surface area (Å²) in [7, 11) is 0. The summed E-state index contributed by atoms with van der Waals surface area (Å²) < 4.78 is 0. The standard InChI is InChI=1S/C12H16O4/c1-12(2,16)7-8-5-3-4-6-9(8)10(13)11(14)15/h3-6,10,13,16H,7H2,1-2H3,(H,14,15). The Hall–Kier alpha value is -1.39. The average Bonchev–Trinajstić information content (AvgIpc) is 2.15. The molecule has 3 N–H and O–H groups in total. The quantitative estimate of drug-likeness (QED) is 0.716. The van der Waals surface area contributed by atoms with Crippen LogP contribution in [0, 0.1) is 0 Å². The zero-order chi connectivity index (χ0) is 12.3. The molecule has 0 fully saturated rings. The first kappa shape index (κ1) is 12.7. The van der Waals surface area contributed by atoms with E-state index in [0.29, 0.717) is 17.5 Å². The van der Waals surface area contributed by atoms with Crippen LogP contribution in [0.15, 0.2) is 24.3 Å². The van der Waals surface area contributed by atoms with Gasteiger partial charge in [0, 0.05) is 6.42 Å². The lowest BCUT2D eigenvalue weighted by molar-refractivity contribution is -0.147. The predicted molar refractivity (Wildman–Crippen MR) is 59.0 cm³/mol. The predicted octanol–water partition coefficient (Wildman–Crippen LogP) is 1.12. The molecule has 88 valence electrons. The van der Waals surface area contributed by atoms with Gasteiger partial charge in [0.1, 0.15) is 0 Å². The second kappa shape index (κ2) is 4.63. The molecule has 0 aromatic heterocycles. The molecule has 1 unspecified atom stereocenters. The van der Waals surface area contributed by atoms with Crippen LogP contribution in [0.5, 0.6) is 0 Å². The molecule has 1 aromatic carbocycles. The molecule has 0 aliphatic carbocycles. The van der Waals surface area contributed by atoms with Gasteiger partial charge in [-0.25, -0.2) is 4.79 Å². The third-order valence-electron chi connectivity index (χ3n) is 2.21. The topological polar surface area (TPSA) is 77.8 Å². The molecular weight excluding hydrogens is 208 g/mol. The Bertz CT molecular complexity index is 379. The van der Waals surface area contributed by atoms with Gasteiger partial charge in [-0.3, -0.25) is 0 Å². The Balaban J connectivity index is 3.05. The lowest BCUT2D eigenvalue weighted by Gasteiger charge is -2.20. The molecule has 1 aromatic rings. The van der Waals surface area contributed by atoms with Gasteiger partial charge in [0.2, 0.25) is 0 Å². The van der Waals surface area contributed by atoms with Gasteiger partial charge in [0.25, 0.3) is 0 Å². The molecule has 0 radical (unpaired) electrons. The highest BCUT2D eigenvalue weighted by Crippen LogP contribution is 2.22. The molecule has 4 heteroatoms. The summed E-state index contributed by atoms with van der Waals surface area (Å²) in [5.41, 5.74) is 0.0379. The van der Waals surface area contributed by atoms with Crippen molar-refractivity contribution < 1.29 is 20.1 Å². The van der Waals surface area contributed by atoms with Gasteiger partial charge in [-0.05, 0) is 25.0 Å². The Morgan fingerprint density at radius 1 is 1.38 bits per heavy atom. The van der Waals surface area contributed by atoms with E-state index in [-0.39, 0.29) is 0 Å². The third-order valence-corrected chi connectivity index (χ3v) is 2.21. The highest BCUT2D eigenvalue weighted by molar-refractivity contribution is 5.74. The van der Waals surface area contributed by atoms with Crippen molar-refractivity contribution in [1.29, 1.82) is 0 Å². The number of aliphatic carboxylic acids is 1. The van der Waals surface area contributed by atoms with Gasteiger partial charge in [0.05, 0.1) is 5.60 Å². The fraction of sp³-hybridized carbons (Fsp3) is 0.417. The number of carboxylic acid groups (broad SMARTS) is 1. The van der Waals surface area contributed by atoms with Crippen molar-refractivity contribution in [3.63, 3.8) is 0 Å². The SMILES string of the molecule is CC(C)(O)Cc1ccccc1C(O)C(=O)O. The van der Waals surface area contributed by atoms with Crippen LogP contribution in [0.1, 0.15) is 31.1 Å². The normalized spacial score (nSPS) is 13.5. The highest BCUT2D eigenvalue weighted by atomic mass is 16.4. The summed E-state index contributed by atoms with van der Waals surface area (Å²) in [4.78, 5) is 10.7. The molecule has 0 aliphatic rings. The number of rotatable bonds is 4. The van der Waals surface area contributed by atoms with Crippen molar-refractivity contribution in [2.45, 2.75) is 32.0 Å². The van der Waals surface area contributed by atoms with Crippen LogP contribution in [0.25, 0.3) is 0 Å². The molecule has 0 saturated carbocycles. The van der Waals surface area contributed by atoms with Crippen LogP contribution in [-0.2, 0) is 11.2 Å². The fourth-order valence-electron chi connectivity index (χ4n) is 1.56. The van der Waals surface area contributed by atoms with Gasteiger partial charge in [0.15, 0.2) is 6.10 Å². The molecule has 1 rings (SSSR count). The van der Waals surface area contributed by atoms with E-state index >= 15 is 0 Å². The van der Waals surface area contributed by atoms with E-state index in [4.69, 9.17) is 5.11 Å². The Morgan fingerprint density at radius 3 is 2.44 bits per heavy atom. The van der Waals surface area contributed by atoms with Gasteiger partial charge in [-0.15, -0.1) is 0 Å². The fourth-order valence-corrected chi connectivity index (χ4v) is 1.56. The Morgan fingerprint density at radius 2 is 1.94 bits per heavy atom. The first-order valence-corrected chi connectivity index (χ1v) is 5.02. The van der Waals surface area contributed by atoms with Crippen LogP contribution in [-0.4, -0.2) is 26.9 Å². The van der Waals surface area contributed by atoms with Crippen LogP contribution >= 0.6 is 0 Å². The third kappa shape index (κ3) is 3.32. The number of aliphatic hydroxyl groups is 2. The molecule has 0 saturated heterocycles. The molecule has 0 amide bonds. The smallest absolute Gasteiger partial charge is 0.337 e. The molecule has 4 nitrogen and oxygen atoms in total. The Labute approximate surface area is 94.2 Å². The van der Waals surface area contributed by atoms with E-state index in [1.165, 1.54) is 0 Å². The summed E-state index contributed by atoms with van der Waals surface area (Å²) in [6.07, 6.45) is -1.24. The van der Waals surface area contributed by atoms with Gasteiger partial charge >= 0.3 is 5.97 Å². The van der Waals surface area contributed by atoms with E-state index in [1.807, 2.05) is 0 Å². The molecule has 0 bridgehead atoms. The molecule has 16 heavy (non-hydrogen) atoms. The highest BCUT2D eigenvalue weighted by Gasteiger charge is 2.22. The summed E-state index contributed by atoms with van der Waals surface area (Å²) in [5.74, 6) is -1.29. The second-order valence-electron chi connectivity index (χ2n) is 4.43. The van der Waals surface area contributed by atoms with Gasteiger partial charge < -0.3 is 15.3 Å². The molecule has 1 atom stereocenters. The van der Waals surface area contributed by atoms with Crippen LogP contribution < -0.4 is 0 Å². The van der Waals surface area contributed by atoms with Crippen molar-refractivity contribution in [2.24, 2.45) is 0 Å². The molecule has 0 aliphatic heterocycles. The monoisotopic (exact) mass is 224 g/mol. The second-order valence-corrected chi connectivity index (χ2v) is 4.43. The minimum absolute atomic E-state index is 0.299. The number of hydrogen-bond donors (Lipinski definition) is 3.